The van der Waals surface area contributed by atoms with E-state index in [-0.39, 0.29) is 16.7 Å². The summed E-state index contributed by atoms with van der Waals surface area (Å²) in [7, 11) is 0. The van der Waals surface area contributed by atoms with Crippen LogP contribution >= 0.6 is 11.8 Å². The van der Waals surface area contributed by atoms with Gasteiger partial charge in [0.1, 0.15) is 11.5 Å². The molecule has 8 heteroatoms. The summed E-state index contributed by atoms with van der Waals surface area (Å²) in [5.41, 5.74) is -0.826. The Morgan fingerprint density at radius 1 is 1.29 bits per heavy atom. The number of alkyl halides is 3. The lowest BCUT2D eigenvalue weighted by molar-refractivity contribution is -0.141. The molecule has 0 spiro atoms. The first kappa shape index (κ1) is 16.9. The van der Waals surface area contributed by atoms with E-state index in [9.17, 15) is 18.0 Å². The number of thioether (sulfide) groups is 1. The van der Waals surface area contributed by atoms with Crippen molar-refractivity contribution in [3.8, 4) is 0 Å². The third-order valence-electron chi connectivity index (χ3n) is 3.79. The van der Waals surface area contributed by atoms with Gasteiger partial charge in [0.25, 0.3) is 5.91 Å². The molecular weight excluding hydrogens is 341 g/mol. The summed E-state index contributed by atoms with van der Waals surface area (Å²) >= 11 is 1.71. The van der Waals surface area contributed by atoms with Gasteiger partial charge in [0.15, 0.2) is 0 Å². The Morgan fingerprint density at radius 3 is 2.75 bits per heavy atom. The molecule has 1 aliphatic heterocycles. The van der Waals surface area contributed by atoms with Crippen LogP contribution in [-0.4, -0.2) is 34.6 Å². The average Bonchev–Trinajstić information content (AvgIpc) is 2.98. The minimum Gasteiger partial charge on any atom is -0.468 e. The molecule has 24 heavy (non-hydrogen) atoms. The molecule has 0 radical (unpaired) electrons. The van der Waals surface area contributed by atoms with Gasteiger partial charge in [0.05, 0.1) is 17.1 Å². The van der Waals surface area contributed by atoms with Crippen LogP contribution in [0.1, 0.15) is 33.5 Å². The number of rotatable bonds is 2. The van der Waals surface area contributed by atoms with E-state index < -0.39 is 11.9 Å². The molecular formula is C16H15F3N2O2S. The highest BCUT2D eigenvalue weighted by Crippen LogP contribution is 2.34. The van der Waals surface area contributed by atoms with Crippen molar-refractivity contribution in [3.05, 3.63) is 53.7 Å². The van der Waals surface area contributed by atoms with Crippen LogP contribution in [0.4, 0.5) is 13.2 Å². The Labute approximate surface area is 141 Å². The number of halogens is 3. The molecule has 4 nitrogen and oxygen atoms in total. The van der Waals surface area contributed by atoms with Crippen LogP contribution in [0.5, 0.6) is 0 Å². The van der Waals surface area contributed by atoms with Crippen molar-refractivity contribution in [2.75, 3.05) is 18.8 Å². The molecule has 3 heterocycles. The molecule has 1 aliphatic rings. The first-order chi connectivity index (χ1) is 11.4. The second-order valence-corrected chi connectivity index (χ2v) is 6.70. The van der Waals surface area contributed by atoms with Gasteiger partial charge in [-0.15, -0.1) is 11.8 Å². The van der Waals surface area contributed by atoms with Crippen molar-refractivity contribution in [1.82, 2.24) is 9.88 Å². The molecule has 1 fully saturated rings. The van der Waals surface area contributed by atoms with Gasteiger partial charge in [0.2, 0.25) is 0 Å². The van der Waals surface area contributed by atoms with E-state index >= 15 is 0 Å². The fraction of sp³-hybridized carbons (Fsp3) is 0.375. The maximum Gasteiger partial charge on any atom is 0.433 e. The van der Waals surface area contributed by atoms with E-state index in [1.807, 2.05) is 12.1 Å². The first-order valence-corrected chi connectivity index (χ1v) is 8.47. The van der Waals surface area contributed by atoms with Crippen LogP contribution in [0.25, 0.3) is 0 Å². The van der Waals surface area contributed by atoms with Crippen molar-refractivity contribution < 1.29 is 22.4 Å². The Balaban J connectivity index is 1.67. The zero-order chi connectivity index (χ0) is 17.2. The highest BCUT2D eigenvalue weighted by Gasteiger charge is 2.32. The van der Waals surface area contributed by atoms with E-state index in [2.05, 4.69) is 4.98 Å². The second kappa shape index (κ2) is 6.88. The van der Waals surface area contributed by atoms with Gasteiger partial charge in [-0.1, -0.05) is 0 Å². The predicted molar refractivity (Wildman–Crippen MR) is 83.7 cm³/mol. The number of carbonyl (C=O) groups is 1. The van der Waals surface area contributed by atoms with Crippen molar-refractivity contribution in [3.63, 3.8) is 0 Å². The lowest BCUT2D eigenvalue weighted by Gasteiger charge is -2.20. The molecule has 1 saturated heterocycles. The zero-order valence-corrected chi connectivity index (χ0v) is 13.4. The maximum atomic E-state index is 12.5. The molecule has 0 unspecified atom stereocenters. The minimum absolute atomic E-state index is 0.171. The molecule has 0 aromatic carbocycles. The number of pyridine rings is 1. The Morgan fingerprint density at radius 2 is 2.12 bits per heavy atom. The molecule has 1 atom stereocenters. The summed E-state index contributed by atoms with van der Waals surface area (Å²) in [6, 6.07) is 5.76. The van der Waals surface area contributed by atoms with E-state index in [1.165, 1.54) is 6.07 Å². The molecule has 1 amide bonds. The van der Waals surface area contributed by atoms with Gasteiger partial charge < -0.3 is 9.32 Å². The Kier molecular flexibility index (Phi) is 4.84. The number of hydrogen-bond donors (Lipinski definition) is 0. The summed E-state index contributed by atoms with van der Waals surface area (Å²) in [6.45, 7) is 1.07. The molecule has 0 bridgehead atoms. The zero-order valence-electron chi connectivity index (χ0n) is 12.6. The summed E-state index contributed by atoms with van der Waals surface area (Å²) < 4.78 is 43.0. The third-order valence-corrected chi connectivity index (χ3v) is 5.08. The van der Waals surface area contributed by atoms with Gasteiger partial charge in [-0.05, 0) is 30.7 Å². The van der Waals surface area contributed by atoms with Gasteiger partial charge in [-0.3, -0.25) is 9.78 Å². The van der Waals surface area contributed by atoms with Crippen LogP contribution in [0.2, 0.25) is 0 Å². The van der Waals surface area contributed by atoms with E-state index in [4.69, 9.17) is 4.42 Å². The molecule has 3 rings (SSSR count). The number of furan rings is 1. The Hall–Kier alpha value is -1.96. The molecule has 2 aromatic rings. The quantitative estimate of drug-likeness (QED) is 0.816. The molecule has 0 saturated carbocycles. The molecule has 0 N–H and O–H groups in total. The summed E-state index contributed by atoms with van der Waals surface area (Å²) in [4.78, 5) is 17.5. The fourth-order valence-electron chi connectivity index (χ4n) is 2.55. The van der Waals surface area contributed by atoms with Crippen LogP contribution in [-0.2, 0) is 6.18 Å². The largest absolute Gasteiger partial charge is 0.468 e. The van der Waals surface area contributed by atoms with E-state index in [0.717, 1.165) is 30.2 Å². The van der Waals surface area contributed by atoms with Gasteiger partial charge in [-0.25, -0.2) is 0 Å². The van der Waals surface area contributed by atoms with Crippen LogP contribution in [0.15, 0.2) is 41.1 Å². The van der Waals surface area contributed by atoms with Crippen LogP contribution in [0, 0.1) is 0 Å². The van der Waals surface area contributed by atoms with Crippen molar-refractivity contribution in [2.45, 2.75) is 17.8 Å². The summed E-state index contributed by atoms with van der Waals surface area (Å²) in [5, 5.41) is 0.184. The van der Waals surface area contributed by atoms with Crippen LogP contribution in [0.3, 0.4) is 0 Å². The minimum atomic E-state index is -4.50. The van der Waals surface area contributed by atoms with Gasteiger partial charge >= 0.3 is 6.18 Å². The third kappa shape index (κ3) is 3.75. The topological polar surface area (TPSA) is 46.3 Å². The first-order valence-electron chi connectivity index (χ1n) is 7.42. The number of nitrogens with zero attached hydrogens (tertiary/aromatic N) is 2. The Bertz CT molecular complexity index is 686. The summed E-state index contributed by atoms with van der Waals surface area (Å²) in [5.74, 6) is 1.33. The van der Waals surface area contributed by atoms with E-state index in [0.29, 0.717) is 13.1 Å². The fourth-order valence-corrected chi connectivity index (χ4v) is 3.73. The lowest BCUT2D eigenvalue weighted by atomic mass is 10.2. The average molecular weight is 356 g/mol. The summed E-state index contributed by atoms with van der Waals surface area (Å²) in [6.07, 6.45) is -1.15. The lowest BCUT2D eigenvalue weighted by Crippen LogP contribution is -2.33. The SMILES string of the molecule is O=C(c1ccc(C(F)(F)F)nc1)N1CCS[C@@H](c2ccco2)CC1. The van der Waals surface area contributed by atoms with Gasteiger partial charge in [-0.2, -0.15) is 13.2 Å². The molecule has 2 aromatic heterocycles. The monoisotopic (exact) mass is 356 g/mol. The normalized spacial score (nSPS) is 19.1. The van der Waals surface area contributed by atoms with Crippen molar-refractivity contribution in [1.29, 1.82) is 0 Å². The van der Waals surface area contributed by atoms with Gasteiger partial charge in [0, 0.05) is 25.0 Å². The number of amides is 1. The highest BCUT2D eigenvalue weighted by atomic mass is 32.2. The number of carbonyl (C=O) groups excluding carboxylic acids is 1. The number of aromatic nitrogens is 1. The van der Waals surface area contributed by atoms with E-state index in [1.54, 1.807) is 22.9 Å². The van der Waals surface area contributed by atoms with Crippen molar-refractivity contribution in [2.24, 2.45) is 0 Å². The maximum absolute atomic E-state index is 12.5. The predicted octanol–water partition coefficient (Wildman–Crippen LogP) is 4.01. The number of hydrogen-bond acceptors (Lipinski definition) is 4. The highest BCUT2D eigenvalue weighted by molar-refractivity contribution is 7.99. The molecule has 128 valence electrons. The smallest absolute Gasteiger partial charge is 0.433 e. The second-order valence-electron chi connectivity index (χ2n) is 5.39. The molecule has 0 aliphatic carbocycles. The van der Waals surface area contributed by atoms with Crippen molar-refractivity contribution >= 4 is 17.7 Å². The van der Waals surface area contributed by atoms with Crippen LogP contribution < -0.4 is 0 Å². The standard InChI is InChI=1S/C16H15F3N2O2S/c17-16(18,19)14-4-3-11(10-20-14)15(22)21-6-5-13(24-9-7-21)12-2-1-8-23-12/h1-4,8,10,13H,5-7,9H2/t13-/m1/s1.